The van der Waals surface area contributed by atoms with Crippen molar-refractivity contribution in [2.24, 2.45) is 0 Å². The summed E-state index contributed by atoms with van der Waals surface area (Å²) < 4.78 is 19.0. The van der Waals surface area contributed by atoms with Crippen molar-refractivity contribution in [3.8, 4) is 6.07 Å². The maximum Gasteiger partial charge on any atom is 0.350 e. The number of amides is 1. The minimum absolute atomic E-state index is 0.0920. The highest BCUT2D eigenvalue weighted by Gasteiger charge is 2.24. The van der Waals surface area contributed by atoms with E-state index >= 15 is 0 Å². The largest absolute Gasteiger partial charge is 0.448 e. The number of carbonyl (C=O) groups is 2. The van der Waals surface area contributed by atoms with Crippen molar-refractivity contribution in [2.75, 3.05) is 5.32 Å². The van der Waals surface area contributed by atoms with E-state index in [9.17, 15) is 14.0 Å². The van der Waals surface area contributed by atoms with Crippen molar-refractivity contribution in [3.63, 3.8) is 0 Å². The van der Waals surface area contributed by atoms with Gasteiger partial charge in [0.2, 0.25) is 0 Å². The van der Waals surface area contributed by atoms with E-state index in [-0.39, 0.29) is 9.90 Å². The highest BCUT2D eigenvalue weighted by molar-refractivity contribution is 7.21. The van der Waals surface area contributed by atoms with Gasteiger partial charge in [0, 0.05) is 10.1 Å². The second-order valence-corrected chi connectivity index (χ2v) is 7.01. The molecule has 2 aromatic carbocycles. The normalized spacial score (nSPS) is 11.6. The van der Waals surface area contributed by atoms with E-state index in [1.54, 1.807) is 24.3 Å². The Labute approximate surface area is 162 Å². The second kappa shape index (κ2) is 7.74. The van der Waals surface area contributed by atoms with E-state index < -0.39 is 23.8 Å². The molecular formula is C19H12ClFN2O3S. The summed E-state index contributed by atoms with van der Waals surface area (Å²) in [5.41, 5.74) is 0.613. The molecule has 3 rings (SSSR count). The zero-order valence-electron chi connectivity index (χ0n) is 14.0. The first kappa shape index (κ1) is 18.8. The number of hydrogen-bond acceptors (Lipinski definition) is 5. The molecule has 27 heavy (non-hydrogen) atoms. The van der Waals surface area contributed by atoms with Crippen LogP contribution >= 0.6 is 22.9 Å². The Bertz CT molecular complexity index is 1090. The molecule has 0 saturated carbocycles. The molecule has 5 nitrogen and oxygen atoms in total. The van der Waals surface area contributed by atoms with Crippen LogP contribution in [0, 0.1) is 17.1 Å². The highest BCUT2D eigenvalue weighted by Crippen LogP contribution is 2.36. The molecule has 0 aliphatic carbocycles. The van der Waals surface area contributed by atoms with Gasteiger partial charge < -0.3 is 10.1 Å². The number of anilines is 1. The molecule has 0 unspecified atom stereocenters. The monoisotopic (exact) mass is 402 g/mol. The molecule has 0 fully saturated rings. The Morgan fingerprint density at radius 1 is 1.30 bits per heavy atom. The molecule has 0 spiro atoms. The van der Waals surface area contributed by atoms with E-state index in [1.165, 1.54) is 25.1 Å². The maximum absolute atomic E-state index is 13.3. The lowest BCUT2D eigenvalue weighted by molar-refractivity contribution is -0.123. The Morgan fingerprint density at radius 3 is 2.78 bits per heavy atom. The molecule has 1 amide bonds. The first-order valence-corrected chi connectivity index (χ1v) is 8.98. The number of halogens is 2. The lowest BCUT2D eigenvalue weighted by atomic mass is 10.2. The quantitative estimate of drug-likeness (QED) is 0.638. The van der Waals surface area contributed by atoms with Gasteiger partial charge in [0.1, 0.15) is 16.8 Å². The van der Waals surface area contributed by atoms with Crippen molar-refractivity contribution in [2.45, 2.75) is 13.0 Å². The number of para-hydroxylation sites is 1. The van der Waals surface area contributed by atoms with Crippen LogP contribution in [0.4, 0.5) is 10.1 Å². The van der Waals surface area contributed by atoms with Crippen molar-refractivity contribution in [3.05, 3.63) is 63.7 Å². The number of nitrogens with one attached hydrogen (secondary N) is 1. The molecule has 0 radical (unpaired) electrons. The summed E-state index contributed by atoms with van der Waals surface area (Å²) in [6.45, 7) is 1.41. The first-order chi connectivity index (χ1) is 12.9. The lowest BCUT2D eigenvalue weighted by Crippen LogP contribution is -2.30. The first-order valence-electron chi connectivity index (χ1n) is 7.79. The van der Waals surface area contributed by atoms with E-state index in [0.29, 0.717) is 21.3 Å². The lowest BCUT2D eigenvalue weighted by Gasteiger charge is -2.13. The van der Waals surface area contributed by atoms with Gasteiger partial charge in [-0.2, -0.15) is 5.26 Å². The van der Waals surface area contributed by atoms with Gasteiger partial charge in [-0.05, 0) is 37.3 Å². The third kappa shape index (κ3) is 3.92. The van der Waals surface area contributed by atoms with Crippen LogP contribution < -0.4 is 5.32 Å². The van der Waals surface area contributed by atoms with Crippen LogP contribution in [0.25, 0.3) is 10.1 Å². The predicted molar refractivity (Wildman–Crippen MR) is 101 cm³/mol. The predicted octanol–water partition coefficient (Wildman–Crippen LogP) is 4.75. The third-order valence-corrected chi connectivity index (χ3v) is 5.37. The molecular weight excluding hydrogens is 391 g/mol. The minimum atomic E-state index is -1.12. The van der Waals surface area contributed by atoms with Crippen LogP contribution in [0.15, 0.2) is 42.5 Å². The number of benzene rings is 2. The summed E-state index contributed by atoms with van der Waals surface area (Å²) in [5.74, 6) is -1.81. The van der Waals surface area contributed by atoms with Crippen molar-refractivity contribution >= 4 is 50.6 Å². The minimum Gasteiger partial charge on any atom is -0.448 e. The molecule has 0 bridgehead atoms. The van der Waals surface area contributed by atoms with Crippen molar-refractivity contribution in [1.29, 1.82) is 5.26 Å². The molecule has 136 valence electrons. The zero-order chi connectivity index (χ0) is 19.6. The summed E-state index contributed by atoms with van der Waals surface area (Å²) in [4.78, 5) is 24.8. The van der Waals surface area contributed by atoms with E-state index in [1.807, 2.05) is 6.07 Å². The van der Waals surface area contributed by atoms with Gasteiger partial charge in [0.25, 0.3) is 5.91 Å². The number of nitrogens with zero attached hydrogens (tertiary/aromatic N) is 1. The molecule has 1 N–H and O–H groups in total. The van der Waals surface area contributed by atoms with Crippen LogP contribution in [-0.4, -0.2) is 18.0 Å². The molecule has 3 aromatic rings. The molecule has 0 aliphatic rings. The van der Waals surface area contributed by atoms with Gasteiger partial charge in [-0.1, -0.05) is 23.7 Å². The van der Waals surface area contributed by atoms with Crippen molar-refractivity contribution < 1.29 is 18.7 Å². The van der Waals surface area contributed by atoms with Crippen molar-refractivity contribution in [1.82, 2.24) is 0 Å². The number of thiophene rings is 1. The van der Waals surface area contributed by atoms with Gasteiger partial charge in [-0.25, -0.2) is 9.18 Å². The number of ether oxygens (including phenoxy) is 1. The summed E-state index contributed by atoms with van der Waals surface area (Å²) in [6, 6.07) is 12.4. The average molecular weight is 403 g/mol. The second-order valence-electron chi connectivity index (χ2n) is 5.58. The van der Waals surface area contributed by atoms with Gasteiger partial charge in [0.05, 0.1) is 16.3 Å². The van der Waals surface area contributed by atoms with Crippen LogP contribution in [0.3, 0.4) is 0 Å². The number of fused-ring (bicyclic) bond motifs is 1. The molecule has 1 atom stereocenters. The molecule has 8 heteroatoms. The SMILES string of the molecule is C[C@@H](OC(=O)c1sc2cc(F)ccc2c1Cl)C(=O)Nc1ccccc1C#N. The number of nitriles is 1. The number of hydrogen-bond donors (Lipinski definition) is 1. The Morgan fingerprint density at radius 2 is 2.04 bits per heavy atom. The maximum atomic E-state index is 13.3. The Hall–Kier alpha value is -2.95. The summed E-state index contributed by atoms with van der Waals surface area (Å²) >= 11 is 7.18. The van der Waals surface area contributed by atoms with Gasteiger partial charge >= 0.3 is 5.97 Å². The number of carbonyl (C=O) groups excluding carboxylic acids is 2. The average Bonchev–Trinajstić information content (AvgIpc) is 2.98. The van der Waals surface area contributed by atoms with Crippen LogP contribution in [0.5, 0.6) is 0 Å². The highest BCUT2D eigenvalue weighted by atomic mass is 35.5. The molecule has 0 saturated heterocycles. The fourth-order valence-corrected chi connectivity index (χ4v) is 3.78. The van der Waals surface area contributed by atoms with E-state index in [0.717, 1.165) is 11.3 Å². The third-order valence-electron chi connectivity index (χ3n) is 3.74. The van der Waals surface area contributed by atoms with Gasteiger partial charge in [0.15, 0.2) is 6.10 Å². The smallest absolute Gasteiger partial charge is 0.350 e. The number of esters is 1. The van der Waals surface area contributed by atoms with Crippen LogP contribution in [0.1, 0.15) is 22.2 Å². The van der Waals surface area contributed by atoms with Gasteiger partial charge in [-0.15, -0.1) is 11.3 Å². The summed E-state index contributed by atoms with van der Waals surface area (Å²) in [5, 5.41) is 12.3. The summed E-state index contributed by atoms with van der Waals surface area (Å²) in [7, 11) is 0. The van der Waals surface area contributed by atoms with E-state index in [4.69, 9.17) is 21.6 Å². The Kier molecular flexibility index (Phi) is 5.40. The summed E-state index contributed by atoms with van der Waals surface area (Å²) in [6.07, 6.45) is -1.12. The van der Waals surface area contributed by atoms with Crippen LogP contribution in [0.2, 0.25) is 5.02 Å². The molecule has 0 aliphatic heterocycles. The standard InChI is InChI=1S/C19H12ClFN2O3S/c1-10(18(24)23-14-5-3-2-4-11(14)9-22)26-19(25)17-16(20)13-7-6-12(21)8-15(13)27-17/h2-8,10H,1H3,(H,23,24)/t10-/m1/s1. The zero-order valence-corrected chi connectivity index (χ0v) is 15.5. The Balaban J connectivity index is 1.75. The molecule has 1 aromatic heterocycles. The van der Waals surface area contributed by atoms with E-state index in [2.05, 4.69) is 5.32 Å². The van der Waals surface area contributed by atoms with Gasteiger partial charge in [-0.3, -0.25) is 4.79 Å². The number of rotatable bonds is 4. The fraction of sp³-hybridized carbons (Fsp3) is 0.105. The topological polar surface area (TPSA) is 79.2 Å². The molecule has 1 heterocycles. The van der Waals surface area contributed by atoms with Crippen LogP contribution in [-0.2, 0) is 9.53 Å². The fourth-order valence-electron chi connectivity index (χ4n) is 2.36.